The molecule has 1 heterocycles. The zero-order chi connectivity index (χ0) is 12.6. The third kappa shape index (κ3) is 5.07. The summed E-state index contributed by atoms with van der Waals surface area (Å²) in [7, 11) is 0. The van der Waals surface area contributed by atoms with Crippen molar-refractivity contribution in [3.63, 3.8) is 0 Å². The monoisotopic (exact) mass is 253 g/mol. The minimum Gasteiger partial charge on any atom is -0.378 e. The van der Waals surface area contributed by atoms with E-state index in [-0.39, 0.29) is 0 Å². The molecule has 1 aliphatic carbocycles. The fourth-order valence-corrected chi connectivity index (χ4v) is 3.12. The summed E-state index contributed by atoms with van der Waals surface area (Å²) in [6, 6.07) is 0. The summed E-state index contributed by atoms with van der Waals surface area (Å²) >= 11 is 0. The van der Waals surface area contributed by atoms with Gasteiger partial charge in [0.2, 0.25) is 0 Å². The Balaban J connectivity index is 1.53. The molecule has 0 bridgehead atoms. The number of hydrogen-bond donors (Lipinski definition) is 1. The number of nitrogens with one attached hydrogen (secondary N) is 1. The standard InChI is InChI=1S/C15H27NO2/c17-14(12-13-4-2-1-3-5-13)8-11-18-15-6-9-16-10-7-15/h13,15-16H,1-12H2. The van der Waals surface area contributed by atoms with Gasteiger partial charge >= 0.3 is 0 Å². The third-order valence-electron chi connectivity index (χ3n) is 4.26. The minimum atomic E-state index is 0.383. The van der Waals surface area contributed by atoms with Gasteiger partial charge in [0.15, 0.2) is 0 Å². The van der Waals surface area contributed by atoms with Gasteiger partial charge in [0.05, 0.1) is 12.7 Å². The number of hydrogen-bond acceptors (Lipinski definition) is 3. The maximum absolute atomic E-state index is 11.9. The molecule has 2 rings (SSSR count). The Labute approximate surface area is 111 Å². The molecule has 0 unspecified atom stereocenters. The van der Waals surface area contributed by atoms with Gasteiger partial charge in [-0.05, 0) is 31.8 Å². The van der Waals surface area contributed by atoms with Crippen LogP contribution in [0.5, 0.6) is 0 Å². The highest BCUT2D eigenvalue weighted by Gasteiger charge is 2.18. The van der Waals surface area contributed by atoms with Crippen molar-refractivity contribution < 1.29 is 9.53 Å². The van der Waals surface area contributed by atoms with Crippen LogP contribution in [0.2, 0.25) is 0 Å². The van der Waals surface area contributed by atoms with Gasteiger partial charge < -0.3 is 10.1 Å². The van der Waals surface area contributed by atoms with Crippen molar-refractivity contribution >= 4 is 5.78 Å². The summed E-state index contributed by atoms with van der Waals surface area (Å²) in [5.41, 5.74) is 0. The molecule has 2 fully saturated rings. The van der Waals surface area contributed by atoms with Crippen LogP contribution in [0.25, 0.3) is 0 Å². The Morgan fingerprint density at radius 2 is 1.78 bits per heavy atom. The lowest BCUT2D eigenvalue weighted by molar-refractivity contribution is -0.121. The molecule has 1 saturated heterocycles. The van der Waals surface area contributed by atoms with E-state index in [1.54, 1.807) is 0 Å². The van der Waals surface area contributed by atoms with E-state index in [9.17, 15) is 4.79 Å². The van der Waals surface area contributed by atoms with Gasteiger partial charge in [-0.15, -0.1) is 0 Å². The van der Waals surface area contributed by atoms with E-state index < -0.39 is 0 Å². The van der Waals surface area contributed by atoms with Crippen LogP contribution in [0.4, 0.5) is 0 Å². The molecule has 1 saturated carbocycles. The molecule has 18 heavy (non-hydrogen) atoms. The van der Waals surface area contributed by atoms with E-state index in [1.807, 2.05) is 0 Å². The first-order valence-corrected chi connectivity index (χ1v) is 7.68. The van der Waals surface area contributed by atoms with Crippen LogP contribution < -0.4 is 5.32 Å². The molecule has 2 aliphatic rings. The number of piperidine rings is 1. The quantitative estimate of drug-likeness (QED) is 0.791. The Morgan fingerprint density at radius 1 is 1.06 bits per heavy atom. The molecular formula is C15H27NO2. The summed E-state index contributed by atoms with van der Waals surface area (Å²) < 4.78 is 5.78. The van der Waals surface area contributed by atoms with Crippen molar-refractivity contribution in [3.05, 3.63) is 0 Å². The van der Waals surface area contributed by atoms with Gasteiger partial charge in [-0.25, -0.2) is 0 Å². The molecule has 1 N–H and O–H groups in total. The lowest BCUT2D eigenvalue weighted by atomic mass is 9.85. The topological polar surface area (TPSA) is 38.3 Å². The van der Waals surface area contributed by atoms with Crippen molar-refractivity contribution in [2.45, 2.75) is 63.9 Å². The molecule has 0 aromatic heterocycles. The van der Waals surface area contributed by atoms with Gasteiger partial charge in [-0.2, -0.15) is 0 Å². The molecule has 0 radical (unpaired) electrons. The normalized spacial score (nSPS) is 23.1. The molecule has 0 aromatic carbocycles. The predicted molar refractivity (Wildman–Crippen MR) is 72.7 cm³/mol. The van der Waals surface area contributed by atoms with Crippen molar-refractivity contribution in [2.75, 3.05) is 19.7 Å². The Morgan fingerprint density at radius 3 is 2.50 bits per heavy atom. The highest BCUT2D eigenvalue weighted by atomic mass is 16.5. The average molecular weight is 253 g/mol. The SMILES string of the molecule is O=C(CCOC1CCNCC1)CC1CCCCC1. The average Bonchev–Trinajstić information content (AvgIpc) is 2.41. The van der Waals surface area contributed by atoms with E-state index in [2.05, 4.69) is 5.32 Å². The van der Waals surface area contributed by atoms with Crippen molar-refractivity contribution in [2.24, 2.45) is 5.92 Å². The molecule has 0 amide bonds. The minimum absolute atomic E-state index is 0.383. The van der Waals surface area contributed by atoms with Crippen LogP contribution in [0.15, 0.2) is 0 Å². The van der Waals surface area contributed by atoms with Gasteiger partial charge in [-0.1, -0.05) is 32.1 Å². The highest BCUT2D eigenvalue weighted by molar-refractivity contribution is 5.78. The Hall–Kier alpha value is -0.410. The fraction of sp³-hybridized carbons (Fsp3) is 0.933. The fourth-order valence-electron chi connectivity index (χ4n) is 3.12. The van der Waals surface area contributed by atoms with E-state index in [0.29, 0.717) is 30.8 Å². The number of carbonyl (C=O) groups is 1. The molecule has 0 spiro atoms. The van der Waals surface area contributed by atoms with Gasteiger partial charge in [-0.3, -0.25) is 4.79 Å². The van der Waals surface area contributed by atoms with Crippen LogP contribution >= 0.6 is 0 Å². The summed E-state index contributed by atoms with van der Waals surface area (Å²) in [5, 5.41) is 3.32. The largest absolute Gasteiger partial charge is 0.378 e. The first-order valence-electron chi connectivity index (χ1n) is 7.68. The number of Topliss-reactive ketones (excluding diaryl/α,β-unsaturated/α-hetero) is 1. The molecule has 3 heteroatoms. The second-order valence-electron chi connectivity index (χ2n) is 5.82. The summed E-state index contributed by atoms with van der Waals surface area (Å²) in [4.78, 5) is 11.9. The summed E-state index contributed by atoms with van der Waals surface area (Å²) in [6.45, 7) is 2.75. The molecule has 104 valence electrons. The summed E-state index contributed by atoms with van der Waals surface area (Å²) in [5.74, 6) is 1.08. The smallest absolute Gasteiger partial charge is 0.135 e. The first kappa shape index (κ1) is 14.0. The van der Waals surface area contributed by atoms with Gasteiger partial charge in [0.25, 0.3) is 0 Å². The zero-order valence-electron chi connectivity index (χ0n) is 11.5. The molecule has 1 aliphatic heterocycles. The number of rotatable bonds is 6. The molecule has 0 aromatic rings. The Kier molecular flexibility index (Phi) is 6.15. The predicted octanol–water partition coefficient (Wildman–Crippen LogP) is 2.68. The van der Waals surface area contributed by atoms with Gasteiger partial charge in [0.1, 0.15) is 5.78 Å². The number of carbonyl (C=O) groups excluding carboxylic acids is 1. The maximum Gasteiger partial charge on any atom is 0.135 e. The number of ether oxygens (including phenoxy) is 1. The summed E-state index contributed by atoms with van der Waals surface area (Å²) in [6.07, 6.45) is 10.5. The van der Waals surface area contributed by atoms with Crippen molar-refractivity contribution in [1.82, 2.24) is 5.32 Å². The maximum atomic E-state index is 11.9. The first-order chi connectivity index (χ1) is 8.84. The van der Waals surface area contributed by atoms with Crippen LogP contribution in [-0.4, -0.2) is 31.6 Å². The zero-order valence-corrected chi connectivity index (χ0v) is 11.5. The molecular weight excluding hydrogens is 226 g/mol. The van der Waals surface area contributed by atoms with Crippen LogP contribution in [0, 0.1) is 5.92 Å². The van der Waals surface area contributed by atoms with E-state index in [1.165, 1.54) is 32.1 Å². The van der Waals surface area contributed by atoms with Crippen LogP contribution in [-0.2, 0) is 9.53 Å². The van der Waals surface area contributed by atoms with Crippen LogP contribution in [0.1, 0.15) is 57.8 Å². The van der Waals surface area contributed by atoms with E-state index >= 15 is 0 Å². The number of ketones is 1. The lowest BCUT2D eigenvalue weighted by Gasteiger charge is -2.23. The van der Waals surface area contributed by atoms with Crippen LogP contribution in [0.3, 0.4) is 0 Å². The Bertz CT molecular complexity index is 243. The van der Waals surface area contributed by atoms with E-state index in [0.717, 1.165) is 32.4 Å². The van der Waals surface area contributed by atoms with Gasteiger partial charge in [0, 0.05) is 12.8 Å². The lowest BCUT2D eigenvalue weighted by Crippen LogP contribution is -2.32. The van der Waals surface area contributed by atoms with E-state index in [4.69, 9.17) is 4.74 Å². The third-order valence-corrected chi connectivity index (χ3v) is 4.26. The molecule has 0 atom stereocenters. The second kappa shape index (κ2) is 7.90. The highest BCUT2D eigenvalue weighted by Crippen LogP contribution is 2.26. The molecule has 3 nitrogen and oxygen atoms in total. The second-order valence-corrected chi connectivity index (χ2v) is 5.82. The van der Waals surface area contributed by atoms with Crippen molar-refractivity contribution in [3.8, 4) is 0 Å². The van der Waals surface area contributed by atoms with Crippen molar-refractivity contribution in [1.29, 1.82) is 0 Å².